The van der Waals surface area contributed by atoms with Crippen molar-refractivity contribution in [3.8, 4) is 17.2 Å². The van der Waals surface area contributed by atoms with Gasteiger partial charge in [-0.15, -0.1) is 13.2 Å². The maximum atomic E-state index is 13.5. The van der Waals surface area contributed by atoms with Crippen LogP contribution in [0.25, 0.3) is 0 Å². The number of piperidine rings is 1. The number of carbonyl (C=O) groups is 3. The van der Waals surface area contributed by atoms with Gasteiger partial charge < -0.3 is 28.6 Å². The molecule has 246 valence electrons. The Morgan fingerprint density at radius 2 is 1.54 bits per heavy atom. The molecule has 0 spiro atoms. The molecule has 0 atom stereocenters. The van der Waals surface area contributed by atoms with E-state index in [0.29, 0.717) is 62.4 Å². The minimum absolute atomic E-state index is 0.0956. The van der Waals surface area contributed by atoms with E-state index in [4.69, 9.17) is 30.5 Å². The SMILES string of the molecule is COC(=O)c1ccc(OCCCc2ccc(OCc3ccc(OC(F)(F)F)c(Cl)c3)cc2)c(C(=O)N2CCC(C(=O)OC)CC2)c1. The molecule has 0 unspecified atom stereocenters. The molecule has 1 saturated heterocycles. The number of carbonyl (C=O) groups excluding carboxylic acids is 3. The molecule has 46 heavy (non-hydrogen) atoms. The highest BCUT2D eigenvalue weighted by Crippen LogP contribution is 2.31. The van der Waals surface area contributed by atoms with E-state index < -0.39 is 18.1 Å². The molecule has 0 N–H and O–H groups in total. The Balaban J connectivity index is 1.30. The van der Waals surface area contributed by atoms with E-state index in [1.54, 1.807) is 29.2 Å². The molecule has 0 saturated carbocycles. The quantitative estimate of drug-likeness (QED) is 0.157. The first kappa shape index (κ1) is 34.4. The van der Waals surface area contributed by atoms with Gasteiger partial charge in [0.05, 0.1) is 42.9 Å². The minimum atomic E-state index is -4.83. The van der Waals surface area contributed by atoms with Crippen molar-refractivity contribution in [3.63, 3.8) is 0 Å². The largest absolute Gasteiger partial charge is 0.573 e. The predicted octanol–water partition coefficient (Wildman–Crippen LogP) is 6.64. The number of hydrogen-bond acceptors (Lipinski definition) is 8. The average molecular weight is 664 g/mol. The Bertz CT molecular complexity index is 1520. The maximum Gasteiger partial charge on any atom is 0.573 e. The third-order valence-corrected chi connectivity index (χ3v) is 7.66. The van der Waals surface area contributed by atoms with E-state index in [1.165, 1.54) is 32.4 Å². The Labute approximate surface area is 269 Å². The second-order valence-corrected chi connectivity index (χ2v) is 10.9. The smallest absolute Gasteiger partial charge is 0.493 e. The monoisotopic (exact) mass is 663 g/mol. The summed E-state index contributed by atoms with van der Waals surface area (Å²) in [7, 11) is 2.61. The molecule has 1 amide bonds. The van der Waals surface area contributed by atoms with Crippen molar-refractivity contribution < 1.29 is 51.2 Å². The summed E-state index contributed by atoms with van der Waals surface area (Å²) in [4.78, 5) is 39.1. The fourth-order valence-electron chi connectivity index (χ4n) is 4.94. The van der Waals surface area contributed by atoms with Crippen LogP contribution in [0.4, 0.5) is 13.2 Å². The molecule has 4 rings (SSSR count). The molecule has 0 aliphatic carbocycles. The van der Waals surface area contributed by atoms with Crippen molar-refractivity contribution >= 4 is 29.4 Å². The molecule has 3 aromatic rings. The number of benzene rings is 3. The first-order valence-corrected chi connectivity index (χ1v) is 14.8. The minimum Gasteiger partial charge on any atom is -0.493 e. The molecular weight excluding hydrogens is 631 g/mol. The lowest BCUT2D eigenvalue weighted by Gasteiger charge is -2.31. The van der Waals surface area contributed by atoms with Crippen LogP contribution < -0.4 is 14.2 Å². The van der Waals surface area contributed by atoms with Crippen molar-refractivity contribution in [2.24, 2.45) is 5.92 Å². The van der Waals surface area contributed by atoms with Gasteiger partial charge >= 0.3 is 18.3 Å². The van der Waals surface area contributed by atoms with E-state index in [-0.39, 0.29) is 40.6 Å². The Hall–Kier alpha value is -4.45. The molecule has 0 radical (unpaired) electrons. The molecule has 9 nitrogen and oxygen atoms in total. The van der Waals surface area contributed by atoms with Crippen LogP contribution in [0.5, 0.6) is 17.2 Å². The highest BCUT2D eigenvalue weighted by molar-refractivity contribution is 6.32. The molecule has 1 aliphatic rings. The molecule has 1 heterocycles. The Morgan fingerprint density at radius 3 is 2.17 bits per heavy atom. The van der Waals surface area contributed by atoms with Crippen LogP contribution in [-0.4, -0.2) is 63.0 Å². The van der Waals surface area contributed by atoms with E-state index in [2.05, 4.69) is 4.74 Å². The summed E-state index contributed by atoms with van der Waals surface area (Å²) in [6.07, 6.45) is -2.57. The number of likely N-dealkylation sites (tertiary alicyclic amines) is 1. The molecule has 1 aliphatic heterocycles. The number of nitrogens with zero attached hydrogens (tertiary/aromatic N) is 1. The lowest BCUT2D eigenvalue weighted by atomic mass is 9.96. The highest BCUT2D eigenvalue weighted by atomic mass is 35.5. The maximum absolute atomic E-state index is 13.5. The number of ether oxygens (including phenoxy) is 5. The average Bonchev–Trinajstić information content (AvgIpc) is 3.05. The van der Waals surface area contributed by atoms with Crippen LogP contribution in [0.1, 0.15) is 51.1 Å². The summed E-state index contributed by atoms with van der Waals surface area (Å²) in [6.45, 7) is 1.14. The fourth-order valence-corrected chi connectivity index (χ4v) is 5.18. The normalized spacial score (nSPS) is 13.6. The van der Waals surface area contributed by atoms with Crippen molar-refractivity contribution in [3.05, 3.63) is 87.9 Å². The summed E-state index contributed by atoms with van der Waals surface area (Å²) in [5.74, 6) is -0.991. The van der Waals surface area contributed by atoms with Crippen LogP contribution in [0.15, 0.2) is 60.7 Å². The fraction of sp³-hybridized carbons (Fsp3) is 0.364. The number of esters is 2. The van der Waals surface area contributed by atoms with Gasteiger partial charge in [-0.3, -0.25) is 9.59 Å². The van der Waals surface area contributed by atoms with Gasteiger partial charge in [0.2, 0.25) is 0 Å². The lowest BCUT2D eigenvalue weighted by Crippen LogP contribution is -2.40. The summed E-state index contributed by atoms with van der Waals surface area (Å²) in [5.41, 5.74) is 2.05. The number of methoxy groups -OCH3 is 2. The molecule has 1 fully saturated rings. The van der Waals surface area contributed by atoms with Crippen molar-refractivity contribution in [1.29, 1.82) is 0 Å². The summed E-state index contributed by atoms with van der Waals surface area (Å²) in [6, 6.07) is 15.9. The topological polar surface area (TPSA) is 101 Å². The van der Waals surface area contributed by atoms with Gasteiger partial charge in [-0.2, -0.15) is 0 Å². The van der Waals surface area contributed by atoms with Crippen LogP contribution in [0.2, 0.25) is 5.02 Å². The van der Waals surface area contributed by atoms with Crippen molar-refractivity contribution in [2.45, 2.75) is 38.7 Å². The summed E-state index contributed by atoms with van der Waals surface area (Å²) in [5, 5.41) is -0.174. The summed E-state index contributed by atoms with van der Waals surface area (Å²) >= 11 is 5.90. The van der Waals surface area contributed by atoms with E-state index in [9.17, 15) is 27.6 Å². The van der Waals surface area contributed by atoms with Crippen molar-refractivity contribution in [1.82, 2.24) is 4.90 Å². The van der Waals surface area contributed by atoms with Gasteiger partial charge in [0.15, 0.2) is 0 Å². The zero-order valence-corrected chi connectivity index (χ0v) is 26.0. The first-order valence-electron chi connectivity index (χ1n) is 14.5. The van der Waals surface area contributed by atoms with Crippen LogP contribution in [-0.2, 0) is 27.3 Å². The van der Waals surface area contributed by atoms with E-state index in [1.807, 2.05) is 12.1 Å². The van der Waals surface area contributed by atoms with Gasteiger partial charge in [-0.25, -0.2) is 4.79 Å². The second-order valence-electron chi connectivity index (χ2n) is 10.5. The number of alkyl halides is 3. The zero-order chi connectivity index (χ0) is 33.3. The van der Waals surface area contributed by atoms with Crippen molar-refractivity contribution in [2.75, 3.05) is 33.9 Å². The van der Waals surface area contributed by atoms with Gasteiger partial charge in [0, 0.05) is 13.1 Å². The highest BCUT2D eigenvalue weighted by Gasteiger charge is 2.32. The third-order valence-electron chi connectivity index (χ3n) is 7.37. The lowest BCUT2D eigenvalue weighted by molar-refractivity contribution is -0.274. The molecule has 13 heteroatoms. The molecule has 0 aromatic heterocycles. The number of halogens is 4. The standard InChI is InChI=1S/C33H33ClF3NO8/c1-42-31(40)23-13-15-38(16-14-23)30(39)26-19-24(32(41)43-2)8-12-28(26)44-17-3-4-21-5-9-25(10-6-21)45-20-22-7-11-29(27(34)18-22)46-33(35,36)37/h5-12,18-19,23H,3-4,13-17,20H2,1-2H3. The number of amides is 1. The third kappa shape index (κ3) is 9.53. The Kier molecular flexibility index (Phi) is 11.8. The van der Waals surface area contributed by atoms with E-state index in [0.717, 1.165) is 11.6 Å². The number of rotatable bonds is 12. The van der Waals surface area contributed by atoms with Gasteiger partial charge in [0.25, 0.3) is 5.91 Å². The van der Waals surface area contributed by atoms with E-state index >= 15 is 0 Å². The summed E-state index contributed by atoms with van der Waals surface area (Å²) < 4.78 is 62.6. The van der Waals surface area contributed by atoms with Gasteiger partial charge in [0.1, 0.15) is 23.9 Å². The first-order chi connectivity index (χ1) is 22.0. The molecular formula is C33H33ClF3NO8. The number of aryl methyl sites for hydroxylation is 1. The Morgan fingerprint density at radius 1 is 0.870 bits per heavy atom. The second kappa shape index (κ2) is 15.7. The predicted molar refractivity (Wildman–Crippen MR) is 161 cm³/mol. The van der Waals surface area contributed by atoms with Crippen LogP contribution in [0, 0.1) is 5.92 Å². The van der Waals surface area contributed by atoms with Gasteiger partial charge in [-0.1, -0.05) is 29.8 Å². The zero-order valence-electron chi connectivity index (χ0n) is 25.2. The molecule has 0 bridgehead atoms. The molecule has 3 aromatic carbocycles. The van der Waals surface area contributed by atoms with Gasteiger partial charge in [-0.05, 0) is 79.3 Å². The van der Waals surface area contributed by atoms with Crippen LogP contribution in [0.3, 0.4) is 0 Å². The van der Waals surface area contributed by atoms with Crippen LogP contribution >= 0.6 is 11.6 Å². The number of hydrogen-bond donors (Lipinski definition) is 0.